The average Bonchev–Trinajstić information content (AvgIpc) is 3.33. The van der Waals surface area contributed by atoms with Gasteiger partial charge >= 0.3 is 0 Å². The van der Waals surface area contributed by atoms with Gasteiger partial charge in [0.2, 0.25) is 5.91 Å². The predicted molar refractivity (Wildman–Crippen MR) is 89.4 cm³/mol. The third-order valence-electron chi connectivity index (χ3n) is 5.18. The SMILES string of the molecule is Cc1nc(C)n([C@@H]2CCCN(C(=O)[C@H]3C[C@H]3c3cccnc3)C2)n1. The van der Waals surface area contributed by atoms with Crippen molar-refractivity contribution in [1.29, 1.82) is 0 Å². The molecule has 1 saturated heterocycles. The van der Waals surface area contributed by atoms with E-state index in [0.29, 0.717) is 11.8 Å². The molecule has 1 aliphatic heterocycles. The molecule has 2 aliphatic rings. The minimum Gasteiger partial charge on any atom is -0.340 e. The van der Waals surface area contributed by atoms with Crippen molar-refractivity contribution in [1.82, 2.24) is 24.6 Å². The number of carbonyl (C=O) groups is 1. The van der Waals surface area contributed by atoms with Crippen LogP contribution in [-0.2, 0) is 4.79 Å². The second-order valence-corrected chi connectivity index (χ2v) is 6.97. The van der Waals surface area contributed by atoms with E-state index in [2.05, 4.69) is 21.1 Å². The van der Waals surface area contributed by atoms with E-state index in [-0.39, 0.29) is 12.0 Å². The highest BCUT2D eigenvalue weighted by molar-refractivity contribution is 5.83. The Balaban J connectivity index is 1.43. The van der Waals surface area contributed by atoms with Gasteiger partial charge < -0.3 is 4.90 Å². The third-order valence-corrected chi connectivity index (χ3v) is 5.18. The molecule has 0 radical (unpaired) electrons. The number of hydrogen-bond donors (Lipinski definition) is 0. The fourth-order valence-electron chi connectivity index (χ4n) is 3.90. The Kier molecular flexibility index (Phi) is 3.82. The molecule has 2 aromatic heterocycles. The van der Waals surface area contributed by atoms with Gasteiger partial charge in [-0.05, 0) is 50.7 Å². The topological polar surface area (TPSA) is 63.9 Å². The molecule has 24 heavy (non-hydrogen) atoms. The number of rotatable bonds is 3. The molecule has 2 fully saturated rings. The van der Waals surface area contributed by atoms with Crippen LogP contribution in [0.5, 0.6) is 0 Å². The first kappa shape index (κ1) is 15.3. The van der Waals surface area contributed by atoms with Crippen molar-refractivity contribution >= 4 is 5.91 Å². The summed E-state index contributed by atoms with van der Waals surface area (Å²) in [5, 5.41) is 4.51. The van der Waals surface area contributed by atoms with E-state index in [4.69, 9.17) is 0 Å². The molecule has 0 N–H and O–H groups in total. The van der Waals surface area contributed by atoms with E-state index in [1.54, 1.807) is 6.20 Å². The number of aryl methyl sites for hydroxylation is 2. The van der Waals surface area contributed by atoms with Crippen molar-refractivity contribution in [2.45, 2.75) is 45.1 Å². The molecule has 0 aromatic carbocycles. The van der Waals surface area contributed by atoms with Crippen LogP contribution in [0.15, 0.2) is 24.5 Å². The van der Waals surface area contributed by atoms with Crippen molar-refractivity contribution < 1.29 is 4.79 Å². The number of carbonyl (C=O) groups excluding carboxylic acids is 1. The van der Waals surface area contributed by atoms with Crippen LogP contribution >= 0.6 is 0 Å². The largest absolute Gasteiger partial charge is 0.340 e. The summed E-state index contributed by atoms with van der Waals surface area (Å²) in [6.45, 7) is 5.51. The monoisotopic (exact) mass is 325 g/mol. The fourth-order valence-corrected chi connectivity index (χ4v) is 3.90. The van der Waals surface area contributed by atoms with Gasteiger partial charge in [-0.3, -0.25) is 9.78 Å². The number of hydrogen-bond acceptors (Lipinski definition) is 4. The lowest BCUT2D eigenvalue weighted by atomic mass is 10.0. The molecule has 2 aromatic rings. The number of likely N-dealkylation sites (tertiary alicyclic amines) is 1. The van der Waals surface area contributed by atoms with Crippen molar-refractivity contribution in [2.75, 3.05) is 13.1 Å². The third kappa shape index (κ3) is 2.81. The lowest BCUT2D eigenvalue weighted by molar-refractivity contribution is -0.134. The van der Waals surface area contributed by atoms with Gasteiger partial charge in [-0.1, -0.05) is 6.07 Å². The Morgan fingerprint density at radius 1 is 1.33 bits per heavy atom. The Labute approximate surface area is 141 Å². The van der Waals surface area contributed by atoms with Gasteiger partial charge in [0.15, 0.2) is 0 Å². The molecule has 6 nitrogen and oxygen atoms in total. The van der Waals surface area contributed by atoms with E-state index in [1.807, 2.05) is 35.7 Å². The highest BCUT2D eigenvalue weighted by atomic mass is 16.2. The van der Waals surface area contributed by atoms with Crippen LogP contribution in [0, 0.1) is 19.8 Å². The van der Waals surface area contributed by atoms with Crippen LogP contribution in [0.25, 0.3) is 0 Å². The van der Waals surface area contributed by atoms with Crippen LogP contribution in [0.3, 0.4) is 0 Å². The van der Waals surface area contributed by atoms with Gasteiger partial charge in [0.05, 0.1) is 6.04 Å². The Morgan fingerprint density at radius 3 is 2.92 bits per heavy atom. The molecule has 0 spiro atoms. The molecule has 6 heteroatoms. The predicted octanol–water partition coefficient (Wildman–Crippen LogP) is 2.26. The van der Waals surface area contributed by atoms with Gasteiger partial charge in [0.1, 0.15) is 11.6 Å². The highest BCUT2D eigenvalue weighted by Gasteiger charge is 2.46. The Bertz CT molecular complexity index is 741. The standard InChI is InChI=1S/C18H23N5O/c1-12-20-13(2)23(21-12)15-6-4-8-22(11-15)18(24)17-9-16(17)14-5-3-7-19-10-14/h3,5,7,10,15-17H,4,6,8-9,11H2,1-2H3/t15-,16+,17+/m1/s1. The highest BCUT2D eigenvalue weighted by Crippen LogP contribution is 2.48. The number of nitrogens with zero attached hydrogens (tertiary/aromatic N) is 5. The summed E-state index contributed by atoms with van der Waals surface area (Å²) in [6, 6.07) is 4.27. The van der Waals surface area contributed by atoms with Gasteiger partial charge in [-0.2, -0.15) is 5.10 Å². The van der Waals surface area contributed by atoms with Gasteiger partial charge in [-0.15, -0.1) is 0 Å². The lowest BCUT2D eigenvalue weighted by Crippen LogP contribution is -2.42. The van der Waals surface area contributed by atoms with Gasteiger partial charge in [-0.25, -0.2) is 9.67 Å². The number of pyridine rings is 1. The first-order valence-electron chi connectivity index (χ1n) is 8.72. The number of piperidine rings is 1. The zero-order valence-corrected chi connectivity index (χ0v) is 14.2. The summed E-state index contributed by atoms with van der Waals surface area (Å²) in [5.41, 5.74) is 1.19. The summed E-state index contributed by atoms with van der Waals surface area (Å²) in [5.74, 6) is 2.51. The summed E-state index contributed by atoms with van der Waals surface area (Å²) >= 11 is 0. The summed E-state index contributed by atoms with van der Waals surface area (Å²) < 4.78 is 2.00. The van der Waals surface area contributed by atoms with E-state index < -0.39 is 0 Å². The molecular weight excluding hydrogens is 302 g/mol. The maximum Gasteiger partial charge on any atom is 0.226 e. The maximum atomic E-state index is 12.9. The zero-order chi connectivity index (χ0) is 16.7. The molecular formula is C18H23N5O. The van der Waals surface area contributed by atoms with Crippen LogP contribution < -0.4 is 0 Å². The van der Waals surface area contributed by atoms with E-state index in [9.17, 15) is 4.79 Å². The van der Waals surface area contributed by atoms with Crippen molar-refractivity contribution in [2.24, 2.45) is 5.92 Å². The van der Waals surface area contributed by atoms with Crippen LogP contribution in [0.2, 0.25) is 0 Å². The number of aromatic nitrogens is 4. The van der Waals surface area contributed by atoms with Gasteiger partial charge in [0.25, 0.3) is 0 Å². The molecule has 3 atom stereocenters. The van der Waals surface area contributed by atoms with E-state index in [1.165, 1.54) is 5.56 Å². The normalized spacial score (nSPS) is 26.4. The zero-order valence-electron chi connectivity index (χ0n) is 14.2. The fraction of sp³-hybridized carbons (Fsp3) is 0.556. The van der Waals surface area contributed by atoms with Crippen LogP contribution in [0.4, 0.5) is 0 Å². The first-order chi connectivity index (χ1) is 11.6. The van der Waals surface area contributed by atoms with Gasteiger partial charge in [0, 0.05) is 31.4 Å². The molecule has 0 bridgehead atoms. The summed E-state index contributed by atoms with van der Waals surface area (Å²) in [4.78, 5) is 23.5. The quantitative estimate of drug-likeness (QED) is 0.868. The first-order valence-corrected chi connectivity index (χ1v) is 8.72. The Morgan fingerprint density at radius 2 is 2.21 bits per heavy atom. The molecule has 126 valence electrons. The van der Waals surface area contributed by atoms with E-state index in [0.717, 1.165) is 44.0 Å². The summed E-state index contributed by atoms with van der Waals surface area (Å²) in [7, 11) is 0. The summed E-state index contributed by atoms with van der Waals surface area (Å²) in [6.07, 6.45) is 6.70. The molecule has 0 unspecified atom stereocenters. The second kappa shape index (κ2) is 6.00. The van der Waals surface area contributed by atoms with Crippen molar-refractivity contribution in [3.63, 3.8) is 0 Å². The lowest BCUT2D eigenvalue weighted by Gasteiger charge is -2.33. The maximum absolute atomic E-state index is 12.9. The average molecular weight is 325 g/mol. The second-order valence-electron chi connectivity index (χ2n) is 6.97. The van der Waals surface area contributed by atoms with Crippen LogP contribution in [0.1, 0.15) is 48.4 Å². The molecule has 1 saturated carbocycles. The molecule has 1 amide bonds. The minimum absolute atomic E-state index is 0.131. The molecule has 3 heterocycles. The van der Waals surface area contributed by atoms with Crippen LogP contribution in [-0.4, -0.2) is 43.6 Å². The smallest absolute Gasteiger partial charge is 0.226 e. The molecule has 4 rings (SSSR count). The number of amides is 1. The van der Waals surface area contributed by atoms with Crippen molar-refractivity contribution in [3.8, 4) is 0 Å². The molecule has 1 aliphatic carbocycles. The van der Waals surface area contributed by atoms with E-state index >= 15 is 0 Å². The minimum atomic E-state index is 0.131. The van der Waals surface area contributed by atoms with Crippen molar-refractivity contribution in [3.05, 3.63) is 41.7 Å². The Hall–Kier alpha value is -2.24.